The van der Waals surface area contributed by atoms with E-state index in [1.165, 1.54) is 0 Å². The van der Waals surface area contributed by atoms with Gasteiger partial charge in [0.05, 0.1) is 11.5 Å². The van der Waals surface area contributed by atoms with Crippen molar-refractivity contribution in [2.45, 2.75) is 51.4 Å². The lowest BCUT2D eigenvalue weighted by molar-refractivity contribution is -0.159. The zero-order valence-electron chi connectivity index (χ0n) is 10.6. The summed E-state index contributed by atoms with van der Waals surface area (Å²) in [6.45, 7) is 7.62. The molecule has 1 aliphatic rings. The van der Waals surface area contributed by atoms with Gasteiger partial charge in [-0.25, -0.2) is 4.79 Å². The van der Waals surface area contributed by atoms with E-state index in [-0.39, 0.29) is 5.54 Å². The first kappa shape index (κ1) is 13.4. The summed E-state index contributed by atoms with van der Waals surface area (Å²) in [5.41, 5.74) is -0.215. The van der Waals surface area contributed by atoms with Crippen molar-refractivity contribution in [1.82, 2.24) is 0 Å². The first-order valence-electron chi connectivity index (χ1n) is 5.69. The maximum Gasteiger partial charge on any atom is 0.343 e. The molecule has 0 radical (unpaired) electrons. The number of esters is 2. The van der Waals surface area contributed by atoms with Crippen LogP contribution in [0.1, 0.15) is 34.1 Å². The molecule has 0 aliphatic carbocycles. The van der Waals surface area contributed by atoms with Crippen LogP contribution in [0.4, 0.5) is 0 Å². The van der Waals surface area contributed by atoms with E-state index in [1.807, 2.05) is 27.7 Å². The molecule has 92 valence electrons. The number of carbonyl (C=O) groups excluding carboxylic acids is 2. The van der Waals surface area contributed by atoms with Crippen molar-refractivity contribution in [3.05, 3.63) is 0 Å². The number of rotatable bonds is 3. The molecule has 0 N–H and O–H groups in total. The minimum Gasteiger partial charge on any atom is -0.391 e. The maximum absolute atomic E-state index is 11.6. The Labute approximate surface area is 99.1 Å². The van der Waals surface area contributed by atoms with Crippen LogP contribution < -0.4 is 0 Å². The van der Waals surface area contributed by atoms with Crippen molar-refractivity contribution < 1.29 is 19.1 Å². The molecule has 1 aliphatic heterocycles. The van der Waals surface area contributed by atoms with Crippen LogP contribution in [0.15, 0.2) is 0 Å². The molecule has 0 bridgehead atoms. The SMILES string of the molecule is CCC([SiH3])C1C(=O)OC(=O)C1OC(C)(C)C. The molecule has 1 fully saturated rings. The van der Waals surface area contributed by atoms with E-state index in [0.29, 0.717) is 0 Å². The number of hydrogen-bond acceptors (Lipinski definition) is 4. The zero-order chi connectivity index (χ0) is 12.5. The van der Waals surface area contributed by atoms with E-state index < -0.39 is 29.6 Å². The fourth-order valence-corrected chi connectivity index (χ4v) is 2.40. The number of cyclic esters (lactones) is 2. The second-order valence-electron chi connectivity index (χ2n) is 5.30. The van der Waals surface area contributed by atoms with E-state index in [4.69, 9.17) is 4.74 Å². The van der Waals surface area contributed by atoms with Gasteiger partial charge in [0.15, 0.2) is 6.10 Å². The molecule has 0 saturated carbocycles. The second-order valence-corrected chi connectivity index (χ2v) is 6.79. The van der Waals surface area contributed by atoms with Crippen LogP contribution in [0.2, 0.25) is 5.54 Å². The molecule has 3 unspecified atom stereocenters. The Hall–Kier alpha value is -0.683. The Bertz CT molecular complexity index is 295. The van der Waals surface area contributed by atoms with Crippen molar-refractivity contribution >= 4 is 22.2 Å². The molecule has 0 aromatic rings. The van der Waals surface area contributed by atoms with Gasteiger partial charge >= 0.3 is 11.9 Å². The van der Waals surface area contributed by atoms with Gasteiger partial charge in [-0.3, -0.25) is 4.79 Å². The molecular formula is C11H20O4Si. The van der Waals surface area contributed by atoms with Crippen molar-refractivity contribution in [2.75, 3.05) is 0 Å². The third kappa shape index (κ3) is 2.92. The Morgan fingerprint density at radius 3 is 2.38 bits per heavy atom. The van der Waals surface area contributed by atoms with Gasteiger partial charge < -0.3 is 9.47 Å². The summed E-state index contributed by atoms with van der Waals surface area (Å²) in [7, 11) is 0.858. The fraction of sp³-hybridized carbons (Fsp3) is 0.818. The molecular weight excluding hydrogens is 224 g/mol. The summed E-state index contributed by atoms with van der Waals surface area (Å²) in [6, 6.07) is 0. The molecule has 4 nitrogen and oxygen atoms in total. The summed E-state index contributed by atoms with van der Waals surface area (Å²) in [6.07, 6.45) is 0.165. The highest BCUT2D eigenvalue weighted by Gasteiger charge is 2.48. The molecule has 0 amide bonds. The Kier molecular flexibility index (Phi) is 3.91. The van der Waals surface area contributed by atoms with Gasteiger partial charge in [-0.05, 0) is 26.3 Å². The van der Waals surface area contributed by atoms with Crippen molar-refractivity contribution in [1.29, 1.82) is 0 Å². The highest BCUT2D eigenvalue weighted by Crippen LogP contribution is 2.33. The third-order valence-corrected chi connectivity index (χ3v) is 4.30. The summed E-state index contributed by atoms with van der Waals surface area (Å²) >= 11 is 0. The van der Waals surface area contributed by atoms with Gasteiger partial charge in [0.1, 0.15) is 0 Å². The monoisotopic (exact) mass is 244 g/mol. The van der Waals surface area contributed by atoms with Gasteiger partial charge in [-0.2, -0.15) is 0 Å². The standard InChI is InChI=1S/C11H20O4Si/c1-5-6(16)7-8(15-11(2,3)4)10(13)14-9(7)12/h6-8H,5H2,1-4,16H3. The van der Waals surface area contributed by atoms with Crippen LogP contribution >= 0.6 is 0 Å². The second kappa shape index (κ2) is 4.67. The lowest BCUT2D eigenvalue weighted by Crippen LogP contribution is -2.37. The topological polar surface area (TPSA) is 52.6 Å². The normalized spacial score (nSPS) is 28.2. The van der Waals surface area contributed by atoms with Gasteiger partial charge in [0.25, 0.3) is 0 Å². The predicted molar refractivity (Wildman–Crippen MR) is 63.2 cm³/mol. The quantitative estimate of drug-likeness (QED) is 0.410. The molecule has 1 heterocycles. The average Bonchev–Trinajstić information content (AvgIpc) is 2.38. The lowest BCUT2D eigenvalue weighted by Gasteiger charge is -2.27. The minimum absolute atomic E-state index is 0.228. The van der Waals surface area contributed by atoms with E-state index in [0.717, 1.165) is 16.7 Å². The largest absolute Gasteiger partial charge is 0.391 e. The van der Waals surface area contributed by atoms with Gasteiger partial charge in [0.2, 0.25) is 0 Å². The Balaban J connectivity index is 2.86. The van der Waals surface area contributed by atoms with Crippen LogP contribution in [0, 0.1) is 5.92 Å². The lowest BCUT2D eigenvalue weighted by atomic mass is 9.97. The zero-order valence-corrected chi connectivity index (χ0v) is 12.6. The predicted octanol–water partition coefficient (Wildman–Crippen LogP) is 0.434. The van der Waals surface area contributed by atoms with Crippen LogP contribution in [0.3, 0.4) is 0 Å². The number of hydrogen-bond donors (Lipinski definition) is 0. The highest BCUT2D eigenvalue weighted by atomic mass is 28.1. The van der Waals surface area contributed by atoms with Crippen LogP contribution in [-0.2, 0) is 19.1 Å². The van der Waals surface area contributed by atoms with Gasteiger partial charge in [-0.15, -0.1) is 0 Å². The highest BCUT2D eigenvalue weighted by molar-refractivity contribution is 6.15. The van der Waals surface area contributed by atoms with Gasteiger partial charge in [-0.1, -0.05) is 13.3 Å². The van der Waals surface area contributed by atoms with Crippen LogP contribution in [-0.4, -0.2) is 33.9 Å². The fourth-order valence-electron chi connectivity index (χ4n) is 1.78. The molecule has 0 spiro atoms. The summed E-state index contributed by atoms with van der Waals surface area (Å²) in [5, 5.41) is 0. The van der Waals surface area contributed by atoms with E-state index in [1.54, 1.807) is 0 Å². The molecule has 0 aromatic carbocycles. The maximum atomic E-state index is 11.6. The molecule has 1 rings (SSSR count). The first-order valence-corrected chi connectivity index (χ1v) is 6.85. The summed E-state index contributed by atoms with van der Waals surface area (Å²) < 4.78 is 10.3. The molecule has 5 heteroatoms. The van der Waals surface area contributed by atoms with Gasteiger partial charge in [0, 0.05) is 10.2 Å². The number of ether oxygens (including phenoxy) is 2. The molecule has 1 saturated heterocycles. The van der Waals surface area contributed by atoms with Crippen molar-refractivity contribution in [3.8, 4) is 0 Å². The summed E-state index contributed by atoms with van der Waals surface area (Å²) in [4.78, 5) is 23.1. The Morgan fingerprint density at radius 2 is 1.94 bits per heavy atom. The van der Waals surface area contributed by atoms with Crippen molar-refractivity contribution in [3.63, 3.8) is 0 Å². The Morgan fingerprint density at radius 1 is 1.38 bits per heavy atom. The molecule has 3 atom stereocenters. The molecule has 0 aromatic heterocycles. The van der Waals surface area contributed by atoms with Crippen LogP contribution in [0.5, 0.6) is 0 Å². The number of carbonyl (C=O) groups is 2. The van der Waals surface area contributed by atoms with E-state index in [9.17, 15) is 9.59 Å². The van der Waals surface area contributed by atoms with E-state index in [2.05, 4.69) is 4.74 Å². The third-order valence-electron chi connectivity index (χ3n) is 2.77. The average molecular weight is 244 g/mol. The minimum atomic E-state index is -0.713. The van der Waals surface area contributed by atoms with E-state index >= 15 is 0 Å². The van der Waals surface area contributed by atoms with Crippen molar-refractivity contribution in [2.24, 2.45) is 5.92 Å². The van der Waals surface area contributed by atoms with Crippen LogP contribution in [0.25, 0.3) is 0 Å². The first-order chi connectivity index (χ1) is 7.26. The summed E-state index contributed by atoms with van der Waals surface area (Å²) in [5.74, 6) is -1.34. The smallest absolute Gasteiger partial charge is 0.343 e. The molecule has 16 heavy (non-hydrogen) atoms.